The Kier molecular flexibility index (Phi) is 3.48. The molecule has 1 aromatic heterocycles. The van der Waals surface area contributed by atoms with Crippen molar-refractivity contribution in [2.24, 2.45) is 0 Å². The van der Waals surface area contributed by atoms with Gasteiger partial charge >= 0.3 is 6.18 Å². The molecule has 1 spiro atoms. The molecule has 7 heteroatoms. The van der Waals surface area contributed by atoms with Gasteiger partial charge < -0.3 is 9.64 Å². The number of aromatic nitrogens is 1. The Morgan fingerprint density at radius 3 is 2.48 bits per heavy atom. The fraction of sp³-hybridized carbons (Fsp3) is 0.786. The lowest BCUT2D eigenvalue weighted by Crippen LogP contribution is -2.58. The monoisotopic (exact) mass is 320 g/mol. The van der Waals surface area contributed by atoms with Crippen LogP contribution in [0.25, 0.3) is 0 Å². The number of anilines is 1. The molecule has 0 unspecified atom stereocenters. The summed E-state index contributed by atoms with van der Waals surface area (Å²) in [5.41, 5.74) is -1.38. The van der Waals surface area contributed by atoms with Crippen LogP contribution in [0.2, 0.25) is 0 Å². The average Bonchev–Trinajstić information content (AvgIpc) is 2.94. The zero-order valence-electron chi connectivity index (χ0n) is 12.2. The van der Waals surface area contributed by atoms with Crippen LogP contribution in [0.4, 0.5) is 18.3 Å². The van der Waals surface area contributed by atoms with E-state index in [-0.39, 0.29) is 11.2 Å². The minimum Gasteiger partial charge on any atom is -0.365 e. The van der Waals surface area contributed by atoms with Crippen molar-refractivity contribution in [1.82, 2.24) is 4.98 Å². The highest BCUT2D eigenvalue weighted by molar-refractivity contribution is 7.13. The fourth-order valence-corrected chi connectivity index (χ4v) is 4.30. The molecule has 1 aromatic rings. The minimum atomic E-state index is -4.37. The number of alkyl halides is 3. The highest BCUT2D eigenvalue weighted by Crippen LogP contribution is 2.43. The van der Waals surface area contributed by atoms with Crippen LogP contribution in [0, 0.1) is 0 Å². The smallest absolute Gasteiger partial charge is 0.365 e. The van der Waals surface area contributed by atoms with Crippen molar-refractivity contribution in [3.63, 3.8) is 0 Å². The number of hydrogen-bond donors (Lipinski definition) is 0. The van der Waals surface area contributed by atoms with Crippen LogP contribution in [0.3, 0.4) is 0 Å². The number of hydrogen-bond acceptors (Lipinski definition) is 4. The summed E-state index contributed by atoms with van der Waals surface area (Å²) in [5.74, 6) is 0. The van der Waals surface area contributed by atoms with Crippen molar-refractivity contribution >= 4 is 16.5 Å². The quantitative estimate of drug-likeness (QED) is 0.779. The van der Waals surface area contributed by atoms with Crippen LogP contribution < -0.4 is 4.90 Å². The molecule has 0 N–H and O–H groups in total. The van der Waals surface area contributed by atoms with Gasteiger partial charge in [0, 0.05) is 18.5 Å². The first-order chi connectivity index (χ1) is 9.69. The maximum absolute atomic E-state index is 12.7. The third-order valence-corrected chi connectivity index (χ3v) is 5.01. The molecule has 3 rings (SSSR count). The predicted molar refractivity (Wildman–Crippen MR) is 75.7 cm³/mol. The molecule has 2 heterocycles. The number of rotatable bonds is 1. The van der Waals surface area contributed by atoms with E-state index in [2.05, 4.69) is 4.98 Å². The lowest BCUT2D eigenvalue weighted by Gasteiger charge is -2.48. The van der Waals surface area contributed by atoms with Gasteiger partial charge in [-0.3, -0.25) is 0 Å². The molecule has 2 aliphatic rings. The van der Waals surface area contributed by atoms with E-state index in [0.29, 0.717) is 18.2 Å². The van der Waals surface area contributed by atoms with Gasteiger partial charge in [0.1, 0.15) is 0 Å². The SMILES string of the molecule is CC1(C)CN(c2nc(C(F)(F)F)cs2)CC2(CCCC2)O1. The molecule has 1 saturated heterocycles. The standard InChI is InChI=1S/C14H19F3N2OS/c1-12(2)8-19(9-13(20-12)5-3-4-6-13)11-18-10(7-21-11)14(15,16)17/h7H,3-6,8-9H2,1-2H3. The molecule has 0 amide bonds. The molecule has 0 atom stereocenters. The molecule has 0 aromatic carbocycles. The third kappa shape index (κ3) is 3.04. The van der Waals surface area contributed by atoms with Gasteiger partial charge in [0.05, 0.1) is 11.2 Å². The second-order valence-corrected chi connectivity index (χ2v) is 7.46. The highest BCUT2D eigenvalue weighted by atomic mass is 32.1. The molecule has 2 fully saturated rings. The van der Waals surface area contributed by atoms with Crippen LogP contribution in [0.15, 0.2) is 5.38 Å². The van der Waals surface area contributed by atoms with Crippen molar-refractivity contribution in [2.45, 2.75) is 56.9 Å². The zero-order valence-corrected chi connectivity index (χ0v) is 13.0. The van der Waals surface area contributed by atoms with Crippen LogP contribution in [-0.4, -0.2) is 29.3 Å². The summed E-state index contributed by atoms with van der Waals surface area (Å²) < 4.78 is 44.4. The van der Waals surface area contributed by atoms with E-state index in [1.807, 2.05) is 18.7 Å². The van der Waals surface area contributed by atoms with Crippen LogP contribution in [0.1, 0.15) is 45.2 Å². The number of nitrogens with zero attached hydrogens (tertiary/aromatic N) is 2. The molecule has 1 saturated carbocycles. The van der Waals surface area contributed by atoms with Crippen molar-refractivity contribution in [3.8, 4) is 0 Å². The molecule has 1 aliphatic heterocycles. The first kappa shape index (κ1) is 15.1. The topological polar surface area (TPSA) is 25.4 Å². The van der Waals surface area contributed by atoms with Gasteiger partial charge in [-0.25, -0.2) is 4.98 Å². The second kappa shape index (κ2) is 4.84. The van der Waals surface area contributed by atoms with E-state index < -0.39 is 11.9 Å². The molecular formula is C14H19F3N2OS. The number of ether oxygens (including phenoxy) is 1. The summed E-state index contributed by atoms with van der Waals surface area (Å²) in [5, 5.41) is 1.55. The summed E-state index contributed by atoms with van der Waals surface area (Å²) in [6, 6.07) is 0. The lowest BCUT2D eigenvalue weighted by atomic mass is 9.94. The normalized spacial score (nSPS) is 24.7. The van der Waals surface area contributed by atoms with Gasteiger partial charge in [0.25, 0.3) is 0 Å². The lowest BCUT2D eigenvalue weighted by molar-refractivity contribution is -0.148. The molecule has 0 radical (unpaired) electrons. The van der Waals surface area contributed by atoms with Gasteiger partial charge in [-0.05, 0) is 26.7 Å². The first-order valence-electron chi connectivity index (χ1n) is 7.17. The van der Waals surface area contributed by atoms with E-state index in [0.717, 1.165) is 42.4 Å². The Labute approximate surface area is 126 Å². The second-order valence-electron chi connectivity index (χ2n) is 6.62. The van der Waals surface area contributed by atoms with E-state index in [9.17, 15) is 13.2 Å². The van der Waals surface area contributed by atoms with E-state index >= 15 is 0 Å². The zero-order chi connectivity index (χ0) is 15.3. The van der Waals surface area contributed by atoms with Crippen molar-refractivity contribution < 1.29 is 17.9 Å². The van der Waals surface area contributed by atoms with Gasteiger partial charge in [-0.15, -0.1) is 11.3 Å². The van der Waals surface area contributed by atoms with Gasteiger partial charge in [-0.1, -0.05) is 12.8 Å². The number of thiazole rings is 1. The molecule has 0 bridgehead atoms. The van der Waals surface area contributed by atoms with Gasteiger partial charge in [0.15, 0.2) is 10.8 Å². The maximum atomic E-state index is 12.7. The molecule has 1 aliphatic carbocycles. The average molecular weight is 320 g/mol. The molecule has 21 heavy (non-hydrogen) atoms. The van der Waals surface area contributed by atoms with Crippen molar-refractivity contribution in [1.29, 1.82) is 0 Å². The number of morpholine rings is 1. The summed E-state index contributed by atoms with van der Waals surface area (Å²) in [4.78, 5) is 5.76. The Bertz CT molecular complexity index is 521. The molecular weight excluding hydrogens is 301 g/mol. The van der Waals surface area contributed by atoms with E-state index in [4.69, 9.17) is 4.74 Å². The predicted octanol–water partition coefficient (Wildman–Crippen LogP) is 4.09. The largest absolute Gasteiger partial charge is 0.434 e. The Balaban J connectivity index is 1.85. The minimum absolute atomic E-state index is 0.216. The summed E-state index contributed by atoms with van der Waals surface area (Å²) in [6.45, 7) is 5.20. The van der Waals surface area contributed by atoms with Gasteiger partial charge in [-0.2, -0.15) is 13.2 Å². The third-order valence-electron chi connectivity index (χ3n) is 4.11. The Hall–Kier alpha value is -0.820. The first-order valence-corrected chi connectivity index (χ1v) is 8.05. The van der Waals surface area contributed by atoms with Crippen molar-refractivity contribution in [2.75, 3.05) is 18.0 Å². The maximum Gasteiger partial charge on any atom is 0.434 e. The summed E-state index contributed by atoms with van der Waals surface area (Å²) in [6.07, 6.45) is -0.179. The van der Waals surface area contributed by atoms with Crippen LogP contribution in [-0.2, 0) is 10.9 Å². The van der Waals surface area contributed by atoms with E-state index in [1.54, 1.807) is 0 Å². The summed E-state index contributed by atoms with van der Waals surface area (Å²) >= 11 is 1.07. The Morgan fingerprint density at radius 2 is 1.90 bits per heavy atom. The van der Waals surface area contributed by atoms with Crippen LogP contribution >= 0.6 is 11.3 Å². The highest BCUT2D eigenvalue weighted by Gasteiger charge is 2.46. The van der Waals surface area contributed by atoms with Crippen molar-refractivity contribution in [3.05, 3.63) is 11.1 Å². The number of halogens is 3. The molecule has 118 valence electrons. The Morgan fingerprint density at radius 1 is 1.24 bits per heavy atom. The summed E-state index contributed by atoms with van der Waals surface area (Å²) in [7, 11) is 0. The van der Waals surface area contributed by atoms with Gasteiger partial charge in [0.2, 0.25) is 0 Å². The van der Waals surface area contributed by atoms with E-state index in [1.165, 1.54) is 0 Å². The van der Waals surface area contributed by atoms with Crippen LogP contribution in [0.5, 0.6) is 0 Å². The fourth-order valence-electron chi connectivity index (χ4n) is 3.47. The molecule has 3 nitrogen and oxygen atoms in total.